The van der Waals surface area contributed by atoms with Crippen LogP contribution in [-0.4, -0.2) is 27.1 Å². The van der Waals surface area contributed by atoms with Gasteiger partial charge in [0.1, 0.15) is 23.2 Å². The first kappa shape index (κ1) is 20.4. The number of aromatic nitrogens is 2. The predicted molar refractivity (Wildman–Crippen MR) is 110 cm³/mol. The highest BCUT2D eigenvalue weighted by molar-refractivity contribution is 6.30. The highest BCUT2D eigenvalue weighted by Crippen LogP contribution is 2.31. The molecule has 0 radical (unpaired) electrons. The third kappa shape index (κ3) is 4.17. The maximum Gasteiger partial charge on any atom is 0.345 e. The van der Waals surface area contributed by atoms with E-state index in [9.17, 15) is 14.7 Å². The molecule has 2 aromatic heterocycles. The van der Waals surface area contributed by atoms with E-state index < -0.39 is 17.8 Å². The fourth-order valence-electron chi connectivity index (χ4n) is 3.68. The Hall–Kier alpha value is -2.90. The number of aryl methyl sites for hydroxylation is 1. The van der Waals surface area contributed by atoms with Crippen LogP contribution in [0.4, 0.5) is 0 Å². The molecule has 156 valence electrons. The zero-order valence-electron chi connectivity index (χ0n) is 16.4. The smallest absolute Gasteiger partial charge is 0.345 e. The number of ether oxygens (including phenoxy) is 1. The van der Waals surface area contributed by atoms with Gasteiger partial charge in [-0.25, -0.2) is 9.59 Å². The third-order valence-electron chi connectivity index (χ3n) is 5.21. The summed E-state index contributed by atoms with van der Waals surface area (Å²) in [5.74, 6) is 0.0615. The number of hydrogen-bond acceptors (Lipinski definition) is 6. The van der Waals surface area contributed by atoms with E-state index in [0.717, 1.165) is 31.2 Å². The largest absolute Gasteiger partial charge is 0.459 e. The molecule has 0 amide bonds. The van der Waals surface area contributed by atoms with Crippen molar-refractivity contribution in [1.82, 2.24) is 9.97 Å². The number of benzene rings is 1. The Morgan fingerprint density at radius 2 is 1.93 bits per heavy atom. The topological polar surface area (TPSA) is 105 Å². The number of furan rings is 1. The van der Waals surface area contributed by atoms with Crippen LogP contribution >= 0.6 is 11.6 Å². The molecule has 0 saturated heterocycles. The monoisotopic (exact) mass is 428 g/mol. The quantitative estimate of drug-likeness (QED) is 0.591. The summed E-state index contributed by atoms with van der Waals surface area (Å²) in [6.07, 6.45) is 2.07. The molecule has 0 bridgehead atoms. The zero-order chi connectivity index (χ0) is 21.3. The lowest BCUT2D eigenvalue weighted by molar-refractivity contribution is 0.0309. The van der Waals surface area contributed by atoms with Crippen LogP contribution in [0, 0.1) is 6.92 Å². The first-order valence-electron chi connectivity index (χ1n) is 9.78. The van der Waals surface area contributed by atoms with Crippen molar-refractivity contribution in [2.75, 3.05) is 0 Å². The fourth-order valence-corrected chi connectivity index (χ4v) is 3.81. The average molecular weight is 429 g/mol. The normalized spacial score (nSPS) is 15.3. The van der Waals surface area contributed by atoms with Crippen molar-refractivity contribution in [3.8, 4) is 11.3 Å². The van der Waals surface area contributed by atoms with E-state index in [1.54, 1.807) is 43.3 Å². The average Bonchev–Trinajstić information content (AvgIpc) is 3.39. The van der Waals surface area contributed by atoms with Gasteiger partial charge in [-0.05, 0) is 69.0 Å². The molecule has 1 aliphatic rings. The number of nitrogens with zero attached hydrogens (tertiary/aromatic N) is 1. The van der Waals surface area contributed by atoms with Gasteiger partial charge in [-0.3, -0.25) is 0 Å². The molecule has 1 unspecified atom stereocenters. The number of rotatable bonds is 5. The van der Waals surface area contributed by atoms with Crippen molar-refractivity contribution in [3.63, 3.8) is 0 Å². The Balaban J connectivity index is 1.66. The Morgan fingerprint density at radius 3 is 2.63 bits per heavy atom. The van der Waals surface area contributed by atoms with Crippen LogP contribution in [-0.2, 0) is 4.74 Å². The number of carbonyl (C=O) groups is 1. The summed E-state index contributed by atoms with van der Waals surface area (Å²) in [4.78, 5) is 31.1. The van der Waals surface area contributed by atoms with Crippen molar-refractivity contribution in [2.24, 2.45) is 0 Å². The van der Waals surface area contributed by atoms with Crippen LogP contribution in [0.2, 0.25) is 5.02 Å². The molecule has 1 fully saturated rings. The number of halogens is 1. The van der Waals surface area contributed by atoms with Crippen molar-refractivity contribution < 1.29 is 19.1 Å². The van der Waals surface area contributed by atoms with Gasteiger partial charge in [0.05, 0.1) is 5.69 Å². The Bertz CT molecular complexity index is 1110. The van der Waals surface area contributed by atoms with Crippen LogP contribution in [0.5, 0.6) is 0 Å². The van der Waals surface area contributed by atoms with Gasteiger partial charge < -0.3 is 19.2 Å². The number of esters is 1. The number of nitrogens with one attached hydrogen (secondary N) is 1. The van der Waals surface area contributed by atoms with E-state index in [1.807, 2.05) is 0 Å². The second-order valence-electron chi connectivity index (χ2n) is 7.35. The fraction of sp³-hybridized carbons (Fsp3) is 0.318. The molecule has 8 heteroatoms. The van der Waals surface area contributed by atoms with E-state index in [2.05, 4.69) is 9.97 Å². The lowest BCUT2D eigenvalue weighted by Crippen LogP contribution is -2.25. The van der Waals surface area contributed by atoms with Gasteiger partial charge in [0, 0.05) is 16.3 Å². The third-order valence-corrected chi connectivity index (χ3v) is 5.46. The number of carbonyl (C=O) groups excluding carboxylic acids is 1. The molecule has 7 nitrogen and oxygen atoms in total. The summed E-state index contributed by atoms with van der Waals surface area (Å²) in [5.41, 5.74) is 0.364. The minimum Gasteiger partial charge on any atom is -0.459 e. The number of aliphatic hydroxyl groups is 1. The second-order valence-corrected chi connectivity index (χ2v) is 7.79. The Labute approximate surface area is 177 Å². The molecule has 1 saturated carbocycles. The van der Waals surface area contributed by atoms with Crippen LogP contribution in [0.15, 0.2) is 45.6 Å². The molecule has 30 heavy (non-hydrogen) atoms. The Morgan fingerprint density at radius 1 is 1.23 bits per heavy atom. The second kappa shape index (κ2) is 8.45. The number of hydrogen-bond donors (Lipinski definition) is 2. The molecule has 4 rings (SSSR count). The molecule has 1 atom stereocenters. The molecule has 1 aromatic carbocycles. The van der Waals surface area contributed by atoms with Crippen molar-refractivity contribution in [3.05, 3.63) is 74.6 Å². The van der Waals surface area contributed by atoms with Gasteiger partial charge >= 0.3 is 11.7 Å². The van der Waals surface area contributed by atoms with Gasteiger partial charge in [-0.15, -0.1) is 0 Å². The summed E-state index contributed by atoms with van der Waals surface area (Å²) < 4.78 is 11.4. The van der Waals surface area contributed by atoms with E-state index in [4.69, 9.17) is 20.8 Å². The highest BCUT2D eigenvalue weighted by atomic mass is 35.5. The van der Waals surface area contributed by atoms with Crippen LogP contribution in [0.1, 0.15) is 59.3 Å². The van der Waals surface area contributed by atoms with E-state index in [1.165, 1.54) is 0 Å². The molecule has 1 aliphatic carbocycles. The van der Waals surface area contributed by atoms with Crippen molar-refractivity contribution >= 4 is 17.6 Å². The summed E-state index contributed by atoms with van der Waals surface area (Å²) in [5, 5.41) is 11.5. The molecule has 0 spiro atoms. The van der Waals surface area contributed by atoms with Gasteiger partial charge in [0.15, 0.2) is 6.10 Å². The first-order chi connectivity index (χ1) is 14.4. The van der Waals surface area contributed by atoms with E-state index in [0.29, 0.717) is 10.8 Å². The van der Waals surface area contributed by atoms with Crippen LogP contribution in [0.25, 0.3) is 11.3 Å². The standard InChI is InChI=1S/C22H21ClN2O5/c1-12-18(21(27)29-15-4-2-3-5-15)19(25-22(28)24-12)20(26)17-11-10-16(30-17)13-6-8-14(23)9-7-13/h6-11,15,20,26H,2-5H2,1H3,(H,24,25,28). The number of H-pyrrole nitrogens is 1. The first-order valence-corrected chi connectivity index (χ1v) is 10.2. The molecular weight excluding hydrogens is 408 g/mol. The summed E-state index contributed by atoms with van der Waals surface area (Å²) in [6, 6.07) is 10.3. The predicted octanol–water partition coefficient (Wildman–Crippen LogP) is 4.17. The maximum atomic E-state index is 12.8. The van der Waals surface area contributed by atoms with E-state index >= 15 is 0 Å². The molecule has 0 aliphatic heterocycles. The number of aromatic amines is 1. The lowest BCUT2D eigenvalue weighted by atomic mass is 10.1. The van der Waals surface area contributed by atoms with Gasteiger partial charge in [0.25, 0.3) is 0 Å². The summed E-state index contributed by atoms with van der Waals surface area (Å²) in [6.45, 7) is 1.58. The van der Waals surface area contributed by atoms with Crippen LogP contribution < -0.4 is 5.69 Å². The van der Waals surface area contributed by atoms with Gasteiger partial charge in [-0.2, -0.15) is 4.98 Å². The highest BCUT2D eigenvalue weighted by Gasteiger charge is 2.29. The minimum atomic E-state index is -1.40. The van der Waals surface area contributed by atoms with Crippen molar-refractivity contribution in [1.29, 1.82) is 0 Å². The molecular formula is C22H21ClN2O5. The maximum absolute atomic E-state index is 12.8. The van der Waals surface area contributed by atoms with Gasteiger partial charge in [-0.1, -0.05) is 11.6 Å². The Kier molecular flexibility index (Phi) is 5.74. The van der Waals surface area contributed by atoms with Crippen LogP contribution in [0.3, 0.4) is 0 Å². The lowest BCUT2D eigenvalue weighted by Gasteiger charge is -2.16. The van der Waals surface area contributed by atoms with Gasteiger partial charge in [0.2, 0.25) is 0 Å². The SMILES string of the molecule is Cc1[nH]c(=O)nc(C(O)c2ccc(-c3ccc(Cl)cc3)o2)c1C(=O)OC1CCCC1. The minimum absolute atomic E-state index is 0.0541. The van der Waals surface area contributed by atoms with E-state index in [-0.39, 0.29) is 28.8 Å². The zero-order valence-corrected chi connectivity index (χ0v) is 17.1. The molecule has 3 aromatic rings. The molecule has 2 heterocycles. The summed E-state index contributed by atoms with van der Waals surface area (Å²) in [7, 11) is 0. The number of aliphatic hydroxyl groups excluding tert-OH is 1. The molecule has 2 N–H and O–H groups in total. The summed E-state index contributed by atoms with van der Waals surface area (Å²) >= 11 is 5.92. The van der Waals surface area contributed by atoms with Crippen molar-refractivity contribution in [2.45, 2.75) is 44.8 Å².